The van der Waals surface area contributed by atoms with Gasteiger partial charge in [0.25, 0.3) is 0 Å². The second-order valence-electron chi connectivity index (χ2n) is 6.72. The number of rotatable bonds is 6. The fraction of sp³-hybridized carbons (Fsp3) is 0.0435. The third-order valence-electron chi connectivity index (χ3n) is 4.47. The first-order valence-corrected chi connectivity index (χ1v) is 9.54. The molecule has 0 radical (unpaired) electrons. The van der Waals surface area contributed by atoms with E-state index in [-0.39, 0.29) is 23.0 Å². The van der Waals surface area contributed by atoms with E-state index in [4.69, 9.17) is 10.5 Å². The average Bonchev–Trinajstić information content (AvgIpc) is 2.78. The zero-order valence-electron chi connectivity index (χ0n) is 16.6. The van der Waals surface area contributed by atoms with Gasteiger partial charge in [-0.3, -0.25) is 0 Å². The number of halogens is 3. The van der Waals surface area contributed by atoms with Gasteiger partial charge in [0.15, 0.2) is 11.6 Å². The van der Waals surface area contributed by atoms with Gasteiger partial charge in [0.05, 0.1) is 11.3 Å². The zero-order chi connectivity index (χ0) is 22.6. The first-order valence-electron chi connectivity index (χ1n) is 9.54. The molecule has 0 bridgehead atoms. The summed E-state index contributed by atoms with van der Waals surface area (Å²) in [5.74, 6) is 1.67. The molecule has 4 aromatic rings. The van der Waals surface area contributed by atoms with Crippen LogP contribution >= 0.6 is 0 Å². The molecular weight excluding hydrogens is 419 g/mol. The lowest BCUT2D eigenvalue weighted by atomic mass is 10.1. The molecule has 6 nitrogen and oxygen atoms in total. The molecule has 162 valence electrons. The number of nitrogens with zero attached hydrogens (tertiary/aromatic N) is 2. The maximum Gasteiger partial charge on any atom is 0.418 e. The summed E-state index contributed by atoms with van der Waals surface area (Å²) in [6, 6.07) is 21.5. The molecule has 4 rings (SSSR count). The van der Waals surface area contributed by atoms with Crippen LogP contribution in [0.5, 0.6) is 11.5 Å². The van der Waals surface area contributed by atoms with Crippen molar-refractivity contribution < 1.29 is 17.9 Å². The van der Waals surface area contributed by atoms with Crippen LogP contribution in [0.1, 0.15) is 5.56 Å². The molecule has 32 heavy (non-hydrogen) atoms. The predicted molar refractivity (Wildman–Crippen MR) is 117 cm³/mol. The monoisotopic (exact) mass is 437 g/mol. The third-order valence-corrected chi connectivity index (χ3v) is 4.47. The van der Waals surface area contributed by atoms with E-state index in [1.165, 1.54) is 24.5 Å². The maximum absolute atomic E-state index is 13.3. The highest BCUT2D eigenvalue weighted by Gasteiger charge is 2.33. The van der Waals surface area contributed by atoms with E-state index in [1.807, 2.05) is 30.3 Å². The second kappa shape index (κ2) is 8.84. The van der Waals surface area contributed by atoms with Gasteiger partial charge in [-0.1, -0.05) is 30.3 Å². The number of nitrogens with two attached hydrogens (primary N) is 1. The van der Waals surface area contributed by atoms with E-state index < -0.39 is 11.7 Å². The van der Waals surface area contributed by atoms with Gasteiger partial charge in [-0.25, -0.2) is 9.97 Å². The van der Waals surface area contributed by atoms with Crippen LogP contribution in [0.25, 0.3) is 0 Å². The van der Waals surface area contributed by atoms with Crippen LogP contribution in [0, 0.1) is 0 Å². The average molecular weight is 437 g/mol. The molecule has 9 heteroatoms. The van der Waals surface area contributed by atoms with Crippen molar-refractivity contribution in [2.75, 3.05) is 16.4 Å². The third kappa shape index (κ3) is 4.89. The molecule has 1 heterocycles. The van der Waals surface area contributed by atoms with Gasteiger partial charge in [0, 0.05) is 5.69 Å². The van der Waals surface area contributed by atoms with Gasteiger partial charge < -0.3 is 21.1 Å². The lowest BCUT2D eigenvalue weighted by Crippen LogP contribution is -2.10. The summed E-state index contributed by atoms with van der Waals surface area (Å²) in [7, 11) is 0. The predicted octanol–water partition coefficient (Wildman–Crippen LogP) is 6.36. The molecule has 0 atom stereocenters. The summed E-state index contributed by atoms with van der Waals surface area (Å²) in [4.78, 5) is 8.08. The molecule has 3 aromatic carbocycles. The van der Waals surface area contributed by atoms with Crippen molar-refractivity contribution in [3.8, 4) is 11.5 Å². The van der Waals surface area contributed by atoms with E-state index >= 15 is 0 Å². The fourth-order valence-corrected chi connectivity index (χ4v) is 2.93. The molecule has 4 N–H and O–H groups in total. The molecule has 0 aliphatic rings. The largest absolute Gasteiger partial charge is 0.457 e. The molecule has 0 aliphatic heterocycles. The summed E-state index contributed by atoms with van der Waals surface area (Å²) in [5, 5.41) is 5.69. The first-order chi connectivity index (χ1) is 15.4. The van der Waals surface area contributed by atoms with Gasteiger partial charge in [-0.2, -0.15) is 13.2 Å². The standard InChI is InChI=1S/C23H18F3N5O/c24-23(25,26)18-8-4-5-9-19(18)31-22-20(27)21(28-14-29-22)30-15-10-12-17(13-11-15)32-16-6-2-1-3-7-16/h1-14H,27H2,(H2,28,29,30,31). The van der Waals surface area contributed by atoms with Gasteiger partial charge in [-0.15, -0.1) is 0 Å². The molecule has 0 spiro atoms. The SMILES string of the molecule is Nc1c(Nc2ccc(Oc3ccccc3)cc2)ncnc1Nc1ccccc1C(F)(F)F. The Hall–Kier alpha value is -4.27. The van der Waals surface area contributed by atoms with Gasteiger partial charge in [0.1, 0.15) is 23.5 Å². The molecule has 0 unspecified atom stereocenters. The van der Waals surface area contributed by atoms with E-state index in [0.29, 0.717) is 17.2 Å². The highest BCUT2D eigenvalue weighted by atomic mass is 19.4. The maximum atomic E-state index is 13.3. The first kappa shape index (κ1) is 21.0. The summed E-state index contributed by atoms with van der Waals surface area (Å²) in [6.45, 7) is 0. The van der Waals surface area contributed by atoms with Crippen molar-refractivity contribution in [2.45, 2.75) is 6.18 Å². The number of alkyl halides is 3. The van der Waals surface area contributed by atoms with Crippen LogP contribution in [-0.4, -0.2) is 9.97 Å². The minimum Gasteiger partial charge on any atom is -0.457 e. The van der Waals surface area contributed by atoms with Crippen molar-refractivity contribution in [1.82, 2.24) is 9.97 Å². The summed E-state index contributed by atoms with van der Waals surface area (Å²) in [5.41, 5.74) is 5.88. The lowest BCUT2D eigenvalue weighted by molar-refractivity contribution is -0.136. The van der Waals surface area contributed by atoms with Crippen LogP contribution in [0.15, 0.2) is 85.2 Å². The van der Waals surface area contributed by atoms with Crippen LogP contribution in [0.3, 0.4) is 0 Å². The quantitative estimate of drug-likeness (QED) is 0.326. The van der Waals surface area contributed by atoms with Crippen LogP contribution in [-0.2, 0) is 6.18 Å². The Labute approximate surface area is 181 Å². The number of aromatic nitrogens is 2. The zero-order valence-corrected chi connectivity index (χ0v) is 16.6. The van der Waals surface area contributed by atoms with Crippen LogP contribution in [0.4, 0.5) is 41.9 Å². The number of para-hydroxylation sites is 2. The Bertz CT molecular complexity index is 1200. The number of anilines is 5. The summed E-state index contributed by atoms with van der Waals surface area (Å²) >= 11 is 0. The van der Waals surface area contributed by atoms with Crippen LogP contribution in [0.2, 0.25) is 0 Å². The van der Waals surface area contributed by atoms with Gasteiger partial charge >= 0.3 is 6.18 Å². The Morgan fingerprint density at radius 2 is 1.31 bits per heavy atom. The van der Waals surface area contributed by atoms with E-state index in [1.54, 1.807) is 24.3 Å². The Balaban J connectivity index is 1.51. The Morgan fingerprint density at radius 1 is 0.719 bits per heavy atom. The van der Waals surface area contributed by atoms with Crippen molar-refractivity contribution in [1.29, 1.82) is 0 Å². The van der Waals surface area contributed by atoms with Crippen molar-refractivity contribution in [3.63, 3.8) is 0 Å². The van der Waals surface area contributed by atoms with Crippen molar-refractivity contribution in [3.05, 3.63) is 90.8 Å². The Morgan fingerprint density at radius 3 is 2.00 bits per heavy atom. The number of ether oxygens (including phenoxy) is 1. The minimum absolute atomic E-state index is 0.0585. The molecule has 0 fully saturated rings. The van der Waals surface area contributed by atoms with E-state index in [9.17, 15) is 13.2 Å². The minimum atomic E-state index is -4.52. The number of benzene rings is 3. The highest BCUT2D eigenvalue weighted by molar-refractivity contribution is 5.80. The number of hydrogen-bond acceptors (Lipinski definition) is 6. The Kier molecular flexibility index (Phi) is 5.80. The second-order valence-corrected chi connectivity index (χ2v) is 6.72. The lowest BCUT2D eigenvalue weighted by Gasteiger charge is -2.16. The number of nitrogen functional groups attached to an aromatic ring is 1. The molecule has 0 amide bonds. The smallest absolute Gasteiger partial charge is 0.418 e. The van der Waals surface area contributed by atoms with Crippen molar-refractivity contribution in [2.24, 2.45) is 0 Å². The molecule has 1 aromatic heterocycles. The van der Waals surface area contributed by atoms with Crippen molar-refractivity contribution >= 4 is 28.7 Å². The molecular formula is C23H18F3N5O. The summed E-state index contributed by atoms with van der Waals surface area (Å²) in [6.07, 6.45) is -3.31. The molecule has 0 saturated heterocycles. The molecule has 0 saturated carbocycles. The number of nitrogens with one attached hydrogen (secondary N) is 2. The fourth-order valence-electron chi connectivity index (χ4n) is 2.93. The highest BCUT2D eigenvalue weighted by Crippen LogP contribution is 2.37. The van der Waals surface area contributed by atoms with Gasteiger partial charge in [-0.05, 0) is 48.5 Å². The van der Waals surface area contributed by atoms with Gasteiger partial charge in [0.2, 0.25) is 0 Å². The normalized spacial score (nSPS) is 11.1. The van der Waals surface area contributed by atoms with E-state index in [0.717, 1.165) is 6.07 Å². The summed E-state index contributed by atoms with van der Waals surface area (Å²) < 4.78 is 45.5. The van der Waals surface area contributed by atoms with Crippen LogP contribution < -0.4 is 21.1 Å². The van der Waals surface area contributed by atoms with E-state index in [2.05, 4.69) is 20.6 Å². The number of hydrogen-bond donors (Lipinski definition) is 3. The topological polar surface area (TPSA) is 85.1 Å². The molecule has 0 aliphatic carbocycles.